The van der Waals surface area contributed by atoms with E-state index < -0.39 is 5.41 Å². The molecule has 0 fully saturated rings. The Labute approximate surface area is 252 Å². The van der Waals surface area contributed by atoms with Crippen LogP contribution in [0.5, 0.6) is 0 Å². The lowest BCUT2D eigenvalue weighted by atomic mass is 9.67. The molecule has 0 N–H and O–H groups in total. The summed E-state index contributed by atoms with van der Waals surface area (Å²) in [6, 6.07) is 50.7. The number of rotatable bonds is 5. The van der Waals surface area contributed by atoms with Crippen molar-refractivity contribution in [2.75, 3.05) is 0 Å². The van der Waals surface area contributed by atoms with Gasteiger partial charge in [-0.25, -0.2) is 0 Å². The lowest BCUT2D eigenvalue weighted by molar-refractivity contribution is 0.766. The van der Waals surface area contributed by atoms with Crippen molar-refractivity contribution >= 4 is 10.8 Å². The molecule has 5 aromatic carbocycles. The van der Waals surface area contributed by atoms with Crippen LogP contribution in [0.4, 0.5) is 0 Å². The second-order valence-electron chi connectivity index (χ2n) is 11.5. The lowest BCUT2D eigenvalue weighted by Gasteiger charge is -2.34. The minimum atomic E-state index is -0.431. The van der Waals surface area contributed by atoms with Gasteiger partial charge >= 0.3 is 0 Å². The summed E-state index contributed by atoms with van der Waals surface area (Å²) in [7, 11) is 0. The van der Waals surface area contributed by atoms with Crippen molar-refractivity contribution in [3.8, 4) is 22.5 Å². The van der Waals surface area contributed by atoms with Crippen LogP contribution in [0.25, 0.3) is 33.3 Å². The summed E-state index contributed by atoms with van der Waals surface area (Å²) in [6.07, 6.45) is 4.60. The minimum Gasteiger partial charge on any atom is -0.255 e. The molecule has 2 aromatic heterocycles. The quantitative estimate of drug-likeness (QED) is 0.213. The largest absolute Gasteiger partial charge is 0.255 e. The van der Waals surface area contributed by atoms with Crippen LogP contribution in [0, 0.1) is 6.92 Å². The number of hydrogen-bond acceptors (Lipinski definition) is 2. The van der Waals surface area contributed by atoms with Crippen LogP contribution in [0.15, 0.2) is 152 Å². The van der Waals surface area contributed by atoms with E-state index in [0.29, 0.717) is 0 Å². The highest BCUT2D eigenvalue weighted by atomic mass is 14.8. The molecular weight excluding hydrogens is 520 g/mol. The third-order valence-corrected chi connectivity index (χ3v) is 8.99. The molecule has 7 aromatic rings. The van der Waals surface area contributed by atoms with Crippen molar-refractivity contribution < 1.29 is 0 Å². The number of aromatic nitrogens is 2. The highest BCUT2D eigenvalue weighted by molar-refractivity contribution is 6.05. The van der Waals surface area contributed by atoms with Crippen molar-refractivity contribution in [3.63, 3.8) is 0 Å². The maximum absolute atomic E-state index is 4.76. The zero-order valence-electron chi connectivity index (χ0n) is 24.0. The van der Waals surface area contributed by atoms with Crippen LogP contribution in [0.3, 0.4) is 0 Å². The van der Waals surface area contributed by atoms with E-state index in [9.17, 15) is 0 Å². The predicted molar refractivity (Wildman–Crippen MR) is 176 cm³/mol. The zero-order chi connectivity index (χ0) is 28.8. The van der Waals surface area contributed by atoms with Crippen LogP contribution in [-0.4, -0.2) is 9.97 Å². The van der Waals surface area contributed by atoms with Crippen LogP contribution >= 0.6 is 0 Å². The molecule has 0 saturated heterocycles. The molecule has 1 aliphatic rings. The summed E-state index contributed by atoms with van der Waals surface area (Å²) in [5.41, 5.74) is 13.0. The molecule has 204 valence electrons. The first kappa shape index (κ1) is 25.4. The van der Waals surface area contributed by atoms with Crippen LogP contribution in [-0.2, 0) is 11.8 Å². The Morgan fingerprint density at radius 1 is 0.535 bits per heavy atom. The van der Waals surface area contributed by atoms with Gasteiger partial charge in [0.05, 0.1) is 16.8 Å². The van der Waals surface area contributed by atoms with Crippen LogP contribution < -0.4 is 0 Å². The second kappa shape index (κ2) is 10.2. The molecule has 0 radical (unpaired) electrons. The van der Waals surface area contributed by atoms with Gasteiger partial charge in [-0.15, -0.1) is 0 Å². The van der Waals surface area contributed by atoms with Gasteiger partial charge in [0.2, 0.25) is 0 Å². The van der Waals surface area contributed by atoms with Gasteiger partial charge in [-0.05, 0) is 92.4 Å². The van der Waals surface area contributed by atoms with Crippen LogP contribution in [0.2, 0.25) is 0 Å². The molecule has 0 bridgehead atoms. The summed E-state index contributed by atoms with van der Waals surface area (Å²) in [5.74, 6) is 0. The molecule has 2 heterocycles. The number of nitrogens with zero attached hydrogens (tertiary/aromatic N) is 2. The van der Waals surface area contributed by atoms with E-state index in [-0.39, 0.29) is 0 Å². The van der Waals surface area contributed by atoms with E-state index in [2.05, 4.69) is 133 Å². The average molecular weight is 551 g/mol. The fourth-order valence-corrected chi connectivity index (χ4v) is 7.11. The third kappa shape index (κ3) is 4.02. The zero-order valence-corrected chi connectivity index (χ0v) is 24.0. The fraction of sp³-hybridized carbons (Fsp3) is 0.0732. The van der Waals surface area contributed by atoms with Gasteiger partial charge in [-0.2, -0.15) is 0 Å². The molecular formula is C41H30N2. The van der Waals surface area contributed by atoms with Gasteiger partial charge < -0.3 is 0 Å². The van der Waals surface area contributed by atoms with Gasteiger partial charge in [0, 0.05) is 12.4 Å². The molecule has 0 saturated carbocycles. The standard InChI is InChI=1S/C41H30N2/c1-28-24-37-40(34-17-9-8-16-33(28)34)35-21-19-29(25-30-20-22-39(43-27-30)38-18-10-11-23-42-38)26-36(35)41(37,31-12-4-2-5-13-31)32-14-6-3-7-15-32/h2-24,26-27H,25H2,1H3. The summed E-state index contributed by atoms with van der Waals surface area (Å²) in [6.45, 7) is 2.25. The first-order valence-corrected chi connectivity index (χ1v) is 14.9. The van der Waals surface area contributed by atoms with Gasteiger partial charge in [0.1, 0.15) is 0 Å². The van der Waals surface area contributed by atoms with Gasteiger partial charge in [-0.1, -0.05) is 121 Å². The maximum atomic E-state index is 4.76. The molecule has 0 spiro atoms. The SMILES string of the molecule is Cc1cc2c(c3ccccc13)-c1ccc(Cc3ccc(-c4ccccn4)nc3)cc1C2(c1ccccc1)c1ccccc1. The van der Waals surface area contributed by atoms with Crippen molar-refractivity contribution in [2.24, 2.45) is 0 Å². The normalized spacial score (nSPS) is 13.0. The second-order valence-corrected chi connectivity index (χ2v) is 11.5. The molecule has 0 aliphatic heterocycles. The number of pyridine rings is 2. The Hall–Kier alpha value is -5.34. The number of aryl methyl sites for hydroxylation is 1. The smallest absolute Gasteiger partial charge is 0.0886 e. The summed E-state index contributed by atoms with van der Waals surface area (Å²) >= 11 is 0. The predicted octanol–water partition coefficient (Wildman–Crippen LogP) is 9.56. The molecule has 2 heteroatoms. The summed E-state index contributed by atoms with van der Waals surface area (Å²) < 4.78 is 0. The van der Waals surface area contributed by atoms with Crippen molar-refractivity contribution in [2.45, 2.75) is 18.8 Å². The van der Waals surface area contributed by atoms with Crippen molar-refractivity contribution in [1.82, 2.24) is 9.97 Å². The maximum Gasteiger partial charge on any atom is 0.0886 e. The Bertz CT molecular complexity index is 2040. The van der Waals surface area contributed by atoms with E-state index in [1.165, 1.54) is 60.8 Å². The number of benzene rings is 5. The Morgan fingerprint density at radius 3 is 1.86 bits per heavy atom. The molecule has 2 nitrogen and oxygen atoms in total. The molecule has 0 atom stereocenters. The summed E-state index contributed by atoms with van der Waals surface area (Å²) in [4.78, 5) is 9.22. The Morgan fingerprint density at radius 2 is 1.19 bits per heavy atom. The van der Waals surface area contributed by atoms with E-state index in [1.54, 1.807) is 0 Å². The number of hydrogen-bond donors (Lipinski definition) is 0. The molecule has 0 unspecified atom stereocenters. The van der Waals surface area contributed by atoms with Gasteiger partial charge in [0.15, 0.2) is 0 Å². The van der Waals surface area contributed by atoms with Gasteiger partial charge in [-0.3, -0.25) is 9.97 Å². The first-order valence-electron chi connectivity index (χ1n) is 14.9. The minimum absolute atomic E-state index is 0.431. The van der Waals surface area contributed by atoms with E-state index in [4.69, 9.17) is 4.98 Å². The van der Waals surface area contributed by atoms with E-state index in [1.807, 2.05) is 30.6 Å². The van der Waals surface area contributed by atoms with E-state index >= 15 is 0 Å². The van der Waals surface area contributed by atoms with E-state index in [0.717, 1.165) is 17.8 Å². The topological polar surface area (TPSA) is 25.8 Å². The lowest BCUT2D eigenvalue weighted by Crippen LogP contribution is -2.28. The fourth-order valence-electron chi connectivity index (χ4n) is 7.11. The first-order chi connectivity index (χ1) is 21.2. The molecule has 43 heavy (non-hydrogen) atoms. The highest BCUT2D eigenvalue weighted by Crippen LogP contribution is 2.58. The average Bonchev–Trinajstić information content (AvgIpc) is 3.36. The van der Waals surface area contributed by atoms with Gasteiger partial charge in [0.25, 0.3) is 0 Å². The van der Waals surface area contributed by atoms with Crippen molar-refractivity contribution in [1.29, 1.82) is 0 Å². The monoisotopic (exact) mass is 550 g/mol. The number of fused-ring (bicyclic) bond motifs is 5. The van der Waals surface area contributed by atoms with Crippen LogP contribution in [0.1, 0.15) is 38.9 Å². The Kier molecular flexibility index (Phi) is 6.01. The Balaban J connectivity index is 1.35. The molecule has 8 rings (SSSR count). The molecule has 0 amide bonds. The van der Waals surface area contributed by atoms with Crippen molar-refractivity contribution in [3.05, 3.63) is 191 Å². The molecule has 1 aliphatic carbocycles. The summed E-state index contributed by atoms with van der Waals surface area (Å²) in [5, 5.41) is 2.63. The third-order valence-electron chi connectivity index (χ3n) is 8.99. The highest BCUT2D eigenvalue weighted by Gasteiger charge is 2.47.